The summed E-state index contributed by atoms with van der Waals surface area (Å²) in [7, 11) is 0. The van der Waals surface area contributed by atoms with Crippen molar-refractivity contribution in [2.24, 2.45) is 0 Å². The van der Waals surface area contributed by atoms with E-state index >= 15 is 0 Å². The third kappa shape index (κ3) is 3.18. The number of hydrogen-bond donors (Lipinski definition) is 1. The zero-order chi connectivity index (χ0) is 17.2. The molecule has 0 spiro atoms. The maximum Gasteiger partial charge on any atom is 0.227 e. The van der Waals surface area contributed by atoms with Gasteiger partial charge in [-0.05, 0) is 28.8 Å². The number of Topliss-reactive ketones (excluding diaryl/α,β-unsaturated/α-hetero) is 1. The minimum Gasteiger partial charge on any atom is -0.346 e. The molecule has 1 saturated heterocycles. The Kier molecular flexibility index (Phi) is 4.06. The van der Waals surface area contributed by atoms with E-state index in [1.54, 1.807) is 11.1 Å². The highest BCUT2D eigenvalue weighted by Crippen LogP contribution is 2.27. The minimum absolute atomic E-state index is 0.0946. The van der Waals surface area contributed by atoms with Crippen molar-refractivity contribution in [2.45, 2.75) is 19.3 Å². The van der Waals surface area contributed by atoms with Gasteiger partial charge in [-0.25, -0.2) is 4.98 Å². The van der Waals surface area contributed by atoms with E-state index in [0.717, 1.165) is 27.7 Å². The van der Waals surface area contributed by atoms with Gasteiger partial charge in [0, 0.05) is 43.7 Å². The van der Waals surface area contributed by atoms with Crippen LogP contribution in [-0.2, 0) is 16.0 Å². The molecular formula is C20H19N3O2. The fourth-order valence-corrected chi connectivity index (χ4v) is 3.31. The molecule has 25 heavy (non-hydrogen) atoms. The molecule has 3 aromatic rings. The zero-order valence-corrected chi connectivity index (χ0v) is 13.9. The molecule has 0 aliphatic carbocycles. The number of likely N-dealkylation sites (tertiary alicyclic amines) is 1. The lowest BCUT2D eigenvalue weighted by Crippen LogP contribution is -2.39. The van der Waals surface area contributed by atoms with Crippen LogP contribution in [0.2, 0.25) is 0 Å². The number of pyridine rings is 1. The summed E-state index contributed by atoms with van der Waals surface area (Å²) in [5.41, 5.74) is 4.09. The molecule has 5 heteroatoms. The van der Waals surface area contributed by atoms with E-state index < -0.39 is 0 Å². The first-order chi connectivity index (χ1) is 12.2. The number of carbonyl (C=O) groups excluding carboxylic acids is 2. The molecule has 3 heterocycles. The van der Waals surface area contributed by atoms with Crippen molar-refractivity contribution in [3.05, 3.63) is 54.4 Å². The molecule has 1 fully saturated rings. The lowest BCUT2D eigenvalue weighted by Gasteiger charge is -2.26. The van der Waals surface area contributed by atoms with Crippen molar-refractivity contribution in [1.82, 2.24) is 14.9 Å². The van der Waals surface area contributed by atoms with Crippen LogP contribution in [0, 0.1) is 0 Å². The number of nitrogens with zero attached hydrogens (tertiary/aromatic N) is 2. The van der Waals surface area contributed by atoms with Gasteiger partial charge >= 0.3 is 0 Å². The van der Waals surface area contributed by atoms with E-state index in [1.165, 1.54) is 0 Å². The van der Waals surface area contributed by atoms with Gasteiger partial charge < -0.3 is 9.88 Å². The van der Waals surface area contributed by atoms with Gasteiger partial charge in [0.2, 0.25) is 5.91 Å². The monoisotopic (exact) mass is 333 g/mol. The van der Waals surface area contributed by atoms with Gasteiger partial charge in [-0.3, -0.25) is 9.59 Å². The molecule has 4 rings (SSSR count). The van der Waals surface area contributed by atoms with Crippen molar-refractivity contribution in [1.29, 1.82) is 0 Å². The molecular weight excluding hydrogens is 314 g/mol. The summed E-state index contributed by atoms with van der Waals surface area (Å²) >= 11 is 0. The molecule has 0 unspecified atom stereocenters. The summed E-state index contributed by atoms with van der Waals surface area (Å²) in [6, 6.07) is 12.1. The Morgan fingerprint density at radius 2 is 1.84 bits per heavy atom. The van der Waals surface area contributed by atoms with Crippen LogP contribution in [-0.4, -0.2) is 39.6 Å². The molecule has 1 aliphatic rings. The number of piperidine rings is 1. The first kappa shape index (κ1) is 15.6. The number of ketones is 1. The Bertz CT molecular complexity index is 918. The second-order valence-corrected chi connectivity index (χ2v) is 6.39. The average molecular weight is 333 g/mol. The van der Waals surface area contributed by atoms with Crippen LogP contribution in [0.1, 0.15) is 18.4 Å². The third-order valence-electron chi connectivity index (χ3n) is 4.75. The third-order valence-corrected chi connectivity index (χ3v) is 4.75. The number of aromatic nitrogens is 2. The van der Waals surface area contributed by atoms with E-state index in [4.69, 9.17) is 0 Å². The highest BCUT2D eigenvalue weighted by Gasteiger charge is 2.20. The van der Waals surface area contributed by atoms with Crippen molar-refractivity contribution in [2.75, 3.05) is 13.1 Å². The van der Waals surface area contributed by atoms with Gasteiger partial charge in [-0.1, -0.05) is 24.3 Å². The number of aromatic amines is 1. The largest absolute Gasteiger partial charge is 0.346 e. The summed E-state index contributed by atoms with van der Waals surface area (Å²) in [5, 5.41) is 1.09. The number of carbonyl (C=O) groups is 2. The van der Waals surface area contributed by atoms with Crippen LogP contribution < -0.4 is 0 Å². The van der Waals surface area contributed by atoms with E-state index in [1.807, 2.05) is 42.6 Å². The summed E-state index contributed by atoms with van der Waals surface area (Å²) in [6.45, 7) is 1.11. The average Bonchev–Trinajstić information content (AvgIpc) is 3.12. The molecule has 0 saturated carbocycles. The van der Waals surface area contributed by atoms with E-state index in [2.05, 4.69) is 9.97 Å². The number of amides is 1. The second kappa shape index (κ2) is 6.51. The van der Waals surface area contributed by atoms with Crippen LogP contribution in [0.5, 0.6) is 0 Å². The Labute approximate surface area is 145 Å². The first-order valence-corrected chi connectivity index (χ1v) is 8.51. The van der Waals surface area contributed by atoms with E-state index in [9.17, 15) is 9.59 Å². The molecule has 0 bridgehead atoms. The summed E-state index contributed by atoms with van der Waals surface area (Å²) < 4.78 is 0. The highest BCUT2D eigenvalue weighted by atomic mass is 16.2. The van der Waals surface area contributed by atoms with E-state index in [-0.39, 0.29) is 11.7 Å². The van der Waals surface area contributed by atoms with Gasteiger partial charge in [0.05, 0.1) is 6.42 Å². The van der Waals surface area contributed by atoms with Crippen molar-refractivity contribution < 1.29 is 9.59 Å². The summed E-state index contributed by atoms with van der Waals surface area (Å²) in [5.74, 6) is 0.346. The molecule has 0 atom stereocenters. The van der Waals surface area contributed by atoms with Crippen LogP contribution in [0.3, 0.4) is 0 Å². The van der Waals surface area contributed by atoms with Crippen molar-refractivity contribution >= 4 is 22.7 Å². The molecule has 0 radical (unpaired) electrons. The molecule has 1 amide bonds. The van der Waals surface area contributed by atoms with Crippen LogP contribution in [0.15, 0.2) is 48.8 Å². The molecule has 1 N–H and O–H groups in total. The smallest absolute Gasteiger partial charge is 0.227 e. The molecule has 126 valence electrons. The summed E-state index contributed by atoms with van der Waals surface area (Å²) in [4.78, 5) is 32.9. The summed E-state index contributed by atoms with van der Waals surface area (Å²) in [6.07, 6.45) is 5.03. The molecule has 1 aliphatic heterocycles. The Balaban J connectivity index is 1.49. The molecule has 2 aromatic heterocycles. The Hall–Kier alpha value is -2.95. The van der Waals surface area contributed by atoms with Gasteiger partial charge in [0.1, 0.15) is 11.4 Å². The van der Waals surface area contributed by atoms with Crippen LogP contribution in [0.25, 0.3) is 22.2 Å². The predicted molar refractivity (Wildman–Crippen MR) is 96.1 cm³/mol. The van der Waals surface area contributed by atoms with E-state index in [0.29, 0.717) is 32.4 Å². The maximum atomic E-state index is 12.4. The quantitative estimate of drug-likeness (QED) is 0.801. The van der Waals surface area contributed by atoms with Gasteiger partial charge in [-0.2, -0.15) is 0 Å². The predicted octanol–water partition coefficient (Wildman–Crippen LogP) is 2.96. The van der Waals surface area contributed by atoms with Crippen LogP contribution in [0.4, 0.5) is 0 Å². The molecule has 1 aromatic carbocycles. The minimum atomic E-state index is 0.0946. The Morgan fingerprint density at radius 3 is 2.60 bits per heavy atom. The fraction of sp³-hybridized carbons (Fsp3) is 0.250. The van der Waals surface area contributed by atoms with Gasteiger partial charge in [0.25, 0.3) is 0 Å². The van der Waals surface area contributed by atoms with Crippen molar-refractivity contribution in [3.8, 4) is 11.1 Å². The number of rotatable bonds is 3. The van der Waals surface area contributed by atoms with Gasteiger partial charge in [-0.15, -0.1) is 0 Å². The lowest BCUT2D eigenvalue weighted by atomic mass is 10.0. The second-order valence-electron chi connectivity index (χ2n) is 6.39. The number of H-pyrrole nitrogens is 1. The van der Waals surface area contributed by atoms with Crippen LogP contribution >= 0.6 is 0 Å². The topological polar surface area (TPSA) is 66.1 Å². The molecule has 5 nitrogen and oxygen atoms in total. The Morgan fingerprint density at radius 1 is 1.08 bits per heavy atom. The van der Waals surface area contributed by atoms with Gasteiger partial charge in [0.15, 0.2) is 0 Å². The number of nitrogens with one attached hydrogen (secondary N) is 1. The standard InChI is InChI=1S/C20H19N3O2/c24-16-7-11-23(12-8-16)19(25)13-14-1-3-15(4-2-14)17-5-9-21-20-18(17)6-10-22-20/h1-6,9-10H,7-8,11-13H2,(H,21,22). The maximum absolute atomic E-state index is 12.4. The normalized spacial score (nSPS) is 14.9. The number of hydrogen-bond acceptors (Lipinski definition) is 3. The van der Waals surface area contributed by atoms with Crippen molar-refractivity contribution in [3.63, 3.8) is 0 Å². The lowest BCUT2D eigenvalue weighted by molar-refractivity contribution is -0.133. The highest BCUT2D eigenvalue weighted by molar-refractivity contribution is 5.93. The number of benzene rings is 1. The zero-order valence-electron chi connectivity index (χ0n) is 13.9. The first-order valence-electron chi connectivity index (χ1n) is 8.51. The number of fused-ring (bicyclic) bond motifs is 1. The SMILES string of the molecule is O=C1CCN(C(=O)Cc2ccc(-c3ccnc4[nH]ccc34)cc2)CC1. The fourth-order valence-electron chi connectivity index (χ4n) is 3.31.